The van der Waals surface area contributed by atoms with Gasteiger partial charge in [-0.25, -0.2) is 9.13 Å². The fraction of sp³-hybridized carbons (Fsp3) is 0.954. The molecule has 0 saturated heterocycles. The lowest BCUT2D eigenvalue weighted by Gasteiger charge is -2.21. The molecule has 0 amide bonds. The Hall–Kier alpha value is -1.94. The maximum absolute atomic E-state index is 13.2. The molecule has 19 heteroatoms. The van der Waals surface area contributed by atoms with E-state index in [9.17, 15) is 43.2 Å². The molecule has 0 bridgehead atoms. The van der Waals surface area contributed by atoms with Gasteiger partial charge in [0.2, 0.25) is 0 Å². The van der Waals surface area contributed by atoms with E-state index in [1.165, 1.54) is 250 Å². The zero-order valence-electron chi connectivity index (χ0n) is 70.1. The first-order chi connectivity index (χ1) is 51.1. The second-order valence-corrected chi connectivity index (χ2v) is 36.1. The van der Waals surface area contributed by atoms with Crippen LogP contribution < -0.4 is 0 Å². The fourth-order valence-electron chi connectivity index (χ4n) is 13.5. The number of esters is 4. The van der Waals surface area contributed by atoms with E-state index in [1.54, 1.807) is 0 Å². The number of hydrogen-bond acceptors (Lipinski definition) is 15. The predicted molar refractivity (Wildman–Crippen MR) is 437 cm³/mol. The topological polar surface area (TPSA) is 237 Å². The summed E-state index contributed by atoms with van der Waals surface area (Å²) in [6.45, 7) is 14.3. The van der Waals surface area contributed by atoms with Crippen LogP contribution in [0.5, 0.6) is 0 Å². The summed E-state index contributed by atoms with van der Waals surface area (Å²) in [7, 11) is -9.93. The number of phosphoric ester groups is 2. The first-order valence-electron chi connectivity index (χ1n) is 44.7. The van der Waals surface area contributed by atoms with E-state index >= 15 is 0 Å². The summed E-state index contributed by atoms with van der Waals surface area (Å²) in [4.78, 5) is 73.2. The smallest absolute Gasteiger partial charge is 0.462 e. The summed E-state index contributed by atoms with van der Waals surface area (Å²) < 4.78 is 68.9. The van der Waals surface area contributed by atoms with Crippen molar-refractivity contribution in [3.63, 3.8) is 0 Å². The summed E-state index contributed by atoms with van der Waals surface area (Å²) in [6, 6.07) is 0. The van der Waals surface area contributed by atoms with E-state index < -0.39 is 97.5 Å². The van der Waals surface area contributed by atoms with Crippen LogP contribution in [0.1, 0.15) is 453 Å². The van der Waals surface area contributed by atoms with Gasteiger partial charge in [0.05, 0.1) is 26.4 Å². The van der Waals surface area contributed by atoms with Crippen LogP contribution in [-0.4, -0.2) is 96.7 Å². The van der Waals surface area contributed by atoms with Gasteiger partial charge in [-0.05, 0) is 49.4 Å². The zero-order valence-corrected chi connectivity index (χ0v) is 71.9. The van der Waals surface area contributed by atoms with Crippen LogP contribution in [-0.2, 0) is 65.4 Å². The van der Waals surface area contributed by atoms with Gasteiger partial charge in [0, 0.05) is 25.7 Å². The Balaban J connectivity index is 5.22. The number of carbonyl (C=O) groups is 4. The Morgan fingerprint density at radius 3 is 0.585 bits per heavy atom. The first-order valence-corrected chi connectivity index (χ1v) is 47.7. The maximum Gasteiger partial charge on any atom is 0.472 e. The van der Waals surface area contributed by atoms with Crippen molar-refractivity contribution in [3.05, 3.63) is 0 Å². The van der Waals surface area contributed by atoms with E-state index in [0.717, 1.165) is 114 Å². The molecule has 0 rings (SSSR count). The molecule has 17 nitrogen and oxygen atoms in total. The lowest BCUT2D eigenvalue weighted by molar-refractivity contribution is -0.161. The van der Waals surface area contributed by atoms with Crippen molar-refractivity contribution < 1.29 is 80.2 Å². The quantitative estimate of drug-likeness (QED) is 0.0222. The number of rotatable bonds is 84. The molecule has 0 spiro atoms. The molecule has 3 N–H and O–H groups in total. The van der Waals surface area contributed by atoms with Crippen molar-refractivity contribution >= 4 is 39.5 Å². The van der Waals surface area contributed by atoms with Crippen LogP contribution in [0, 0.1) is 23.7 Å². The third-order valence-corrected chi connectivity index (χ3v) is 22.2. The Morgan fingerprint density at radius 1 is 0.236 bits per heavy atom. The predicted octanol–water partition coefficient (Wildman–Crippen LogP) is 26.3. The Kier molecular flexibility index (Phi) is 74.3. The minimum atomic E-state index is -4.97. The van der Waals surface area contributed by atoms with Crippen molar-refractivity contribution in [2.75, 3.05) is 39.6 Å². The average molecular weight is 1550 g/mol. The van der Waals surface area contributed by atoms with Crippen LogP contribution in [0.2, 0.25) is 0 Å². The second kappa shape index (κ2) is 75.7. The van der Waals surface area contributed by atoms with Gasteiger partial charge in [0.25, 0.3) is 0 Å². The first kappa shape index (κ1) is 104. The molecule has 630 valence electrons. The van der Waals surface area contributed by atoms with Gasteiger partial charge in [-0.3, -0.25) is 37.3 Å². The van der Waals surface area contributed by atoms with Crippen molar-refractivity contribution in [3.8, 4) is 0 Å². The zero-order chi connectivity index (χ0) is 78.1. The van der Waals surface area contributed by atoms with Crippen molar-refractivity contribution in [1.82, 2.24) is 0 Å². The molecule has 0 fully saturated rings. The van der Waals surface area contributed by atoms with E-state index in [4.69, 9.17) is 37.0 Å². The monoisotopic (exact) mass is 1550 g/mol. The molecule has 0 aliphatic heterocycles. The number of carbonyl (C=O) groups excluding carboxylic acids is 4. The fourth-order valence-corrected chi connectivity index (χ4v) is 15.1. The molecule has 3 unspecified atom stereocenters. The van der Waals surface area contributed by atoms with Crippen LogP contribution in [0.15, 0.2) is 0 Å². The average Bonchev–Trinajstić information content (AvgIpc) is 0.905. The Morgan fingerprint density at radius 2 is 0.396 bits per heavy atom. The van der Waals surface area contributed by atoms with E-state index in [0.29, 0.717) is 31.6 Å². The molecule has 0 aliphatic carbocycles. The molecule has 0 aromatic rings. The summed E-state index contributed by atoms with van der Waals surface area (Å²) >= 11 is 0. The van der Waals surface area contributed by atoms with Gasteiger partial charge < -0.3 is 33.8 Å². The molecule has 0 aliphatic rings. The lowest BCUT2D eigenvalue weighted by atomic mass is 10.0. The largest absolute Gasteiger partial charge is 0.472 e. The lowest BCUT2D eigenvalue weighted by Crippen LogP contribution is -2.30. The van der Waals surface area contributed by atoms with Crippen LogP contribution in [0.25, 0.3) is 0 Å². The van der Waals surface area contributed by atoms with Gasteiger partial charge >= 0.3 is 39.5 Å². The highest BCUT2D eigenvalue weighted by molar-refractivity contribution is 7.47. The number of phosphoric acid groups is 2. The summed E-state index contributed by atoms with van der Waals surface area (Å²) in [5.74, 6) is 1.02. The van der Waals surface area contributed by atoms with E-state index in [-0.39, 0.29) is 25.7 Å². The van der Waals surface area contributed by atoms with Gasteiger partial charge in [-0.1, -0.05) is 402 Å². The summed E-state index contributed by atoms with van der Waals surface area (Å²) in [5.41, 5.74) is 0. The summed E-state index contributed by atoms with van der Waals surface area (Å²) in [5, 5.41) is 10.7. The minimum Gasteiger partial charge on any atom is -0.462 e. The van der Waals surface area contributed by atoms with Gasteiger partial charge in [-0.2, -0.15) is 0 Å². The number of aliphatic hydroxyl groups is 1. The van der Waals surface area contributed by atoms with Gasteiger partial charge in [0.15, 0.2) is 12.2 Å². The Labute approximate surface area is 651 Å². The third-order valence-electron chi connectivity index (χ3n) is 20.3. The number of ether oxygens (including phenoxy) is 4. The second-order valence-electron chi connectivity index (χ2n) is 33.2. The standard InChI is InChI=1S/C87H170O17P2/c1-77(2)63-55-47-39-32-26-20-14-11-9-10-12-16-23-29-35-43-51-59-67-84(89)97-73-82(103-86(91)69-61-53-44-36-30-24-17-13-15-21-27-33-40-48-56-64-78(3)4)75-101-105(93,94)99-71-81(88)72-100-106(95,96)102-76-83(74-98-85(90)68-60-52-46-38-42-50-58-66-80(7)8)104-87(92)70-62-54-45-37-31-25-19-18-22-28-34-41-49-57-65-79(5)6/h77-83,88H,9-76H2,1-8H3,(H,93,94)(H,95,96)/t81?,82-,83-/m1/s1. The van der Waals surface area contributed by atoms with Crippen molar-refractivity contribution in [1.29, 1.82) is 0 Å². The Bertz CT molecular complexity index is 2060. The highest BCUT2D eigenvalue weighted by Crippen LogP contribution is 2.45. The van der Waals surface area contributed by atoms with Crippen molar-refractivity contribution in [2.45, 2.75) is 472 Å². The highest BCUT2D eigenvalue weighted by atomic mass is 31.2. The van der Waals surface area contributed by atoms with Gasteiger partial charge in [-0.15, -0.1) is 0 Å². The molecular formula is C87H170O17P2. The van der Waals surface area contributed by atoms with E-state index in [2.05, 4.69) is 55.4 Å². The molecule has 5 atom stereocenters. The van der Waals surface area contributed by atoms with Crippen LogP contribution in [0.4, 0.5) is 0 Å². The van der Waals surface area contributed by atoms with Crippen molar-refractivity contribution in [2.24, 2.45) is 23.7 Å². The summed E-state index contributed by atoms with van der Waals surface area (Å²) in [6.07, 6.45) is 65.4. The van der Waals surface area contributed by atoms with Crippen LogP contribution >= 0.6 is 15.6 Å². The maximum atomic E-state index is 13.2. The SMILES string of the molecule is CC(C)CCCCCCCCCCCCCCCCCCCCC(=O)OC[C@H](COP(=O)(O)OCC(O)COP(=O)(O)OC[C@@H](COC(=O)CCCCCCCCCC(C)C)OC(=O)CCCCCCCCCCCCCCCCC(C)C)OC(=O)CCCCCCCCCCCCCCCCCC(C)C. The number of unbranched alkanes of at least 4 members (excludes halogenated alkanes) is 50. The molecular weight excluding hydrogens is 1380 g/mol. The number of hydrogen-bond donors (Lipinski definition) is 3. The molecule has 0 radical (unpaired) electrons. The van der Waals surface area contributed by atoms with Gasteiger partial charge in [0.1, 0.15) is 19.3 Å². The molecule has 0 aromatic heterocycles. The molecule has 0 saturated carbocycles. The highest BCUT2D eigenvalue weighted by Gasteiger charge is 2.31. The minimum absolute atomic E-state index is 0.107. The van der Waals surface area contributed by atoms with Crippen LogP contribution in [0.3, 0.4) is 0 Å². The molecule has 0 aromatic carbocycles. The normalized spacial score (nSPS) is 13.9. The molecule has 106 heavy (non-hydrogen) atoms. The number of aliphatic hydroxyl groups excluding tert-OH is 1. The molecule has 0 heterocycles. The van der Waals surface area contributed by atoms with E-state index in [1.807, 2.05) is 0 Å². The third kappa shape index (κ3) is 80.1.